The second-order valence-corrected chi connectivity index (χ2v) is 5.15. The van der Waals surface area contributed by atoms with Crippen molar-refractivity contribution in [1.29, 1.82) is 0 Å². The molecule has 1 aliphatic heterocycles. The Balaban J connectivity index is 2.22. The highest BCUT2D eigenvalue weighted by Crippen LogP contribution is 2.10. The summed E-state index contributed by atoms with van der Waals surface area (Å²) in [7, 11) is -3.28. The largest absolute Gasteiger partial charge is 0.276 e. The molecule has 0 aliphatic carbocycles. The number of rotatable bonds is 0. The molecule has 1 aromatic rings. The molecular weight excluding hydrogens is 212 g/mol. The van der Waals surface area contributed by atoms with Crippen LogP contribution in [-0.2, 0) is 23.1 Å². The molecule has 0 amide bonds. The van der Waals surface area contributed by atoms with Gasteiger partial charge in [-0.1, -0.05) is 24.3 Å². The summed E-state index contributed by atoms with van der Waals surface area (Å²) in [4.78, 5) is 0. The molecule has 0 bridgehead atoms. The Kier molecular flexibility index (Phi) is 3.04. The molecule has 2 N–H and O–H groups in total. The van der Waals surface area contributed by atoms with Crippen LogP contribution in [0.15, 0.2) is 24.3 Å². The molecule has 0 saturated heterocycles. The van der Waals surface area contributed by atoms with E-state index in [0.29, 0.717) is 13.1 Å². The van der Waals surface area contributed by atoms with Gasteiger partial charge in [-0.25, -0.2) is 9.44 Å². The molecule has 0 atom stereocenters. The molecule has 2 rings (SSSR count). The summed E-state index contributed by atoms with van der Waals surface area (Å²) < 4.78 is 27.6. The van der Waals surface area contributed by atoms with Gasteiger partial charge in [0.2, 0.25) is 0 Å². The predicted molar refractivity (Wildman–Crippen MR) is 58.8 cm³/mol. The van der Waals surface area contributed by atoms with Gasteiger partial charge in [-0.3, -0.25) is 0 Å². The highest BCUT2D eigenvalue weighted by atomic mass is 32.2. The third kappa shape index (κ3) is 2.77. The minimum atomic E-state index is -3.28. The summed E-state index contributed by atoms with van der Waals surface area (Å²) in [5.74, 6) is 0. The molecule has 0 aromatic heterocycles. The van der Waals surface area contributed by atoms with Crippen molar-refractivity contribution >= 4 is 10.2 Å². The SMILES string of the molecule is O=S1(=O)NCCc2ccccc2CCN1. The van der Waals surface area contributed by atoms with Crippen molar-refractivity contribution in [2.24, 2.45) is 0 Å². The Morgan fingerprint density at radius 1 is 0.933 bits per heavy atom. The first-order valence-electron chi connectivity index (χ1n) is 4.98. The maximum atomic E-state index is 11.3. The van der Waals surface area contributed by atoms with Crippen LogP contribution in [-0.4, -0.2) is 21.5 Å². The number of nitrogens with one attached hydrogen (secondary N) is 2. The number of hydrogen-bond donors (Lipinski definition) is 2. The zero-order chi connectivity index (χ0) is 10.7. The smallest absolute Gasteiger partial charge is 0.202 e. The third-order valence-corrected chi connectivity index (χ3v) is 3.66. The Bertz CT molecular complexity index is 407. The first-order chi connectivity index (χ1) is 7.17. The van der Waals surface area contributed by atoms with Crippen molar-refractivity contribution in [3.63, 3.8) is 0 Å². The number of fused-ring (bicyclic) bond motifs is 1. The average molecular weight is 226 g/mol. The first-order valence-corrected chi connectivity index (χ1v) is 6.47. The monoisotopic (exact) mass is 226 g/mol. The Morgan fingerprint density at radius 2 is 1.40 bits per heavy atom. The fourth-order valence-corrected chi connectivity index (χ4v) is 2.58. The highest BCUT2D eigenvalue weighted by Gasteiger charge is 2.12. The normalized spacial score (nSPS) is 20.8. The molecule has 82 valence electrons. The molecule has 1 aromatic carbocycles. The number of benzene rings is 1. The molecule has 4 nitrogen and oxygen atoms in total. The fraction of sp³-hybridized carbons (Fsp3) is 0.400. The molecule has 0 fully saturated rings. The van der Waals surface area contributed by atoms with Crippen LogP contribution in [0.1, 0.15) is 11.1 Å². The summed E-state index contributed by atoms with van der Waals surface area (Å²) in [5.41, 5.74) is 2.45. The van der Waals surface area contributed by atoms with Crippen LogP contribution in [0.25, 0.3) is 0 Å². The summed E-state index contributed by atoms with van der Waals surface area (Å²) >= 11 is 0. The topological polar surface area (TPSA) is 58.2 Å². The number of hydrogen-bond acceptors (Lipinski definition) is 2. The Hall–Kier alpha value is -0.910. The summed E-state index contributed by atoms with van der Waals surface area (Å²) in [6.07, 6.45) is 1.49. The fourth-order valence-electron chi connectivity index (χ4n) is 1.74. The lowest BCUT2D eigenvalue weighted by atomic mass is 10.0. The van der Waals surface area contributed by atoms with Crippen LogP contribution in [0.3, 0.4) is 0 Å². The van der Waals surface area contributed by atoms with Crippen molar-refractivity contribution < 1.29 is 8.42 Å². The molecule has 1 aliphatic rings. The molecule has 0 unspecified atom stereocenters. The van der Waals surface area contributed by atoms with Gasteiger partial charge in [0.15, 0.2) is 0 Å². The molecule has 0 spiro atoms. The maximum absolute atomic E-state index is 11.3. The molecule has 15 heavy (non-hydrogen) atoms. The standard InChI is InChI=1S/C10H14N2O2S/c13-15(14)11-7-5-9-3-1-2-4-10(9)6-8-12-15/h1-4,11-12H,5-8H2. The second kappa shape index (κ2) is 4.30. The molecule has 1 heterocycles. The third-order valence-electron chi connectivity index (χ3n) is 2.49. The Morgan fingerprint density at radius 3 is 1.87 bits per heavy atom. The van der Waals surface area contributed by atoms with Gasteiger partial charge < -0.3 is 0 Å². The molecule has 5 heteroatoms. The van der Waals surface area contributed by atoms with E-state index in [4.69, 9.17) is 0 Å². The Labute approximate surface area is 89.9 Å². The van der Waals surface area contributed by atoms with E-state index >= 15 is 0 Å². The van der Waals surface area contributed by atoms with Crippen molar-refractivity contribution in [3.05, 3.63) is 35.4 Å². The quantitative estimate of drug-likeness (QED) is 0.664. The van der Waals surface area contributed by atoms with Crippen LogP contribution in [0.4, 0.5) is 0 Å². The van der Waals surface area contributed by atoms with E-state index in [0.717, 1.165) is 12.8 Å². The van der Waals surface area contributed by atoms with Crippen molar-refractivity contribution in [2.45, 2.75) is 12.8 Å². The first kappa shape index (κ1) is 10.6. The summed E-state index contributed by atoms with van der Waals surface area (Å²) in [6.45, 7) is 0.901. The van der Waals surface area contributed by atoms with E-state index in [1.54, 1.807) is 0 Å². The average Bonchev–Trinajstić information content (AvgIpc) is 2.25. The van der Waals surface area contributed by atoms with Crippen LogP contribution in [0.2, 0.25) is 0 Å². The van der Waals surface area contributed by atoms with Gasteiger partial charge in [0, 0.05) is 13.1 Å². The van der Waals surface area contributed by atoms with E-state index in [9.17, 15) is 8.42 Å². The molecule has 0 saturated carbocycles. The zero-order valence-electron chi connectivity index (χ0n) is 8.36. The van der Waals surface area contributed by atoms with Crippen molar-refractivity contribution in [1.82, 2.24) is 9.44 Å². The minimum absolute atomic E-state index is 0.451. The van der Waals surface area contributed by atoms with Crippen LogP contribution in [0.5, 0.6) is 0 Å². The van der Waals surface area contributed by atoms with Gasteiger partial charge in [-0.2, -0.15) is 8.42 Å². The summed E-state index contributed by atoms with van der Waals surface area (Å²) in [5, 5.41) is 0. The predicted octanol–water partition coefficient (Wildman–Crippen LogP) is 0.209. The molecule has 0 radical (unpaired) electrons. The van der Waals surface area contributed by atoms with E-state index in [1.807, 2.05) is 12.1 Å². The lowest BCUT2D eigenvalue weighted by Gasteiger charge is -2.05. The lowest BCUT2D eigenvalue weighted by Crippen LogP contribution is -2.37. The van der Waals surface area contributed by atoms with Gasteiger partial charge in [0.1, 0.15) is 0 Å². The van der Waals surface area contributed by atoms with Crippen molar-refractivity contribution in [2.75, 3.05) is 13.1 Å². The van der Waals surface area contributed by atoms with Crippen LogP contribution in [0, 0.1) is 0 Å². The summed E-state index contributed by atoms with van der Waals surface area (Å²) in [6, 6.07) is 8.07. The van der Waals surface area contributed by atoms with Crippen LogP contribution < -0.4 is 9.44 Å². The van der Waals surface area contributed by atoms with Gasteiger partial charge >= 0.3 is 0 Å². The van der Waals surface area contributed by atoms with E-state index in [2.05, 4.69) is 21.6 Å². The van der Waals surface area contributed by atoms with Crippen molar-refractivity contribution in [3.8, 4) is 0 Å². The maximum Gasteiger partial charge on any atom is 0.276 e. The minimum Gasteiger partial charge on any atom is -0.202 e. The van der Waals surface area contributed by atoms with Gasteiger partial charge in [0.25, 0.3) is 10.2 Å². The lowest BCUT2D eigenvalue weighted by molar-refractivity contribution is 0.568. The van der Waals surface area contributed by atoms with E-state index in [1.165, 1.54) is 11.1 Å². The van der Waals surface area contributed by atoms with Gasteiger partial charge in [-0.05, 0) is 24.0 Å². The van der Waals surface area contributed by atoms with Gasteiger partial charge in [0.05, 0.1) is 0 Å². The zero-order valence-corrected chi connectivity index (χ0v) is 9.18. The second-order valence-electron chi connectivity index (χ2n) is 3.56. The van der Waals surface area contributed by atoms with E-state index in [-0.39, 0.29) is 0 Å². The van der Waals surface area contributed by atoms with Gasteiger partial charge in [-0.15, -0.1) is 0 Å². The van der Waals surface area contributed by atoms with Crippen LogP contribution >= 0.6 is 0 Å². The molecular formula is C10H14N2O2S. The van der Waals surface area contributed by atoms with E-state index < -0.39 is 10.2 Å². The highest BCUT2D eigenvalue weighted by molar-refractivity contribution is 7.87.